The number of unbranched alkanes of at least 4 members (excludes halogenated alkanes) is 5. The smallest absolute Gasteiger partial charge is 0.299 e. The van der Waals surface area contributed by atoms with Crippen LogP contribution in [0.4, 0.5) is 17.1 Å². The highest BCUT2D eigenvalue weighted by atomic mass is 16.6. The van der Waals surface area contributed by atoms with Crippen molar-refractivity contribution in [2.45, 2.75) is 51.9 Å². The van der Waals surface area contributed by atoms with Crippen LogP contribution in [0.3, 0.4) is 0 Å². The molecule has 33 heavy (non-hydrogen) atoms. The summed E-state index contributed by atoms with van der Waals surface area (Å²) in [5, 5.41) is 24.8. The molecule has 2 aromatic carbocycles. The zero-order valence-electron chi connectivity index (χ0n) is 19.2. The minimum Gasteiger partial charge on any atom is -0.491 e. The van der Waals surface area contributed by atoms with Crippen LogP contribution in [0.25, 0.3) is 0 Å². The summed E-state index contributed by atoms with van der Waals surface area (Å²) in [7, 11) is 0. The summed E-state index contributed by atoms with van der Waals surface area (Å²) in [6, 6.07) is 11.6. The molecule has 0 aliphatic carbocycles. The van der Waals surface area contributed by atoms with E-state index < -0.39 is 9.85 Å². The van der Waals surface area contributed by atoms with Crippen molar-refractivity contribution in [2.24, 2.45) is 0 Å². The van der Waals surface area contributed by atoms with Crippen molar-refractivity contribution in [2.75, 3.05) is 31.7 Å². The second kappa shape index (κ2) is 14.8. The molecule has 9 nitrogen and oxygen atoms in total. The third-order valence-electron chi connectivity index (χ3n) is 5.19. The maximum absolute atomic E-state index is 11.1. The van der Waals surface area contributed by atoms with Crippen LogP contribution in [-0.2, 0) is 11.2 Å². The fraction of sp³-hybridized carbons (Fsp3) is 0.500. The number of nitro groups is 2. The lowest BCUT2D eigenvalue weighted by atomic mass is 10.0. The molecule has 0 saturated heterocycles. The van der Waals surface area contributed by atoms with Gasteiger partial charge < -0.3 is 14.8 Å². The zero-order valence-corrected chi connectivity index (χ0v) is 19.2. The maximum atomic E-state index is 11.1. The highest BCUT2D eigenvalue weighted by molar-refractivity contribution is 5.65. The number of nitrogens with zero attached hydrogens (tertiary/aromatic N) is 2. The molecule has 9 heteroatoms. The summed E-state index contributed by atoms with van der Waals surface area (Å²) in [4.78, 5) is 20.6. The van der Waals surface area contributed by atoms with Crippen molar-refractivity contribution in [1.29, 1.82) is 0 Å². The van der Waals surface area contributed by atoms with Gasteiger partial charge in [0.2, 0.25) is 0 Å². The molecule has 0 amide bonds. The molecule has 0 unspecified atom stereocenters. The summed E-state index contributed by atoms with van der Waals surface area (Å²) >= 11 is 0. The van der Waals surface area contributed by atoms with Gasteiger partial charge in [-0.1, -0.05) is 51.2 Å². The Balaban J connectivity index is 1.60. The number of nitro benzene ring substituents is 2. The molecule has 2 aromatic rings. The van der Waals surface area contributed by atoms with Crippen LogP contribution in [-0.4, -0.2) is 36.2 Å². The van der Waals surface area contributed by atoms with Gasteiger partial charge in [0, 0.05) is 12.6 Å². The number of hydrogen-bond donors (Lipinski definition) is 1. The van der Waals surface area contributed by atoms with Gasteiger partial charge in [-0.15, -0.1) is 0 Å². The van der Waals surface area contributed by atoms with Crippen molar-refractivity contribution in [3.05, 3.63) is 68.3 Å². The van der Waals surface area contributed by atoms with E-state index in [0.29, 0.717) is 26.4 Å². The molecule has 0 aliphatic heterocycles. The second-order valence-corrected chi connectivity index (χ2v) is 7.76. The van der Waals surface area contributed by atoms with E-state index in [4.69, 9.17) is 9.47 Å². The molecule has 0 atom stereocenters. The van der Waals surface area contributed by atoms with E-state index in [0.717, 1.165) is 18.2 Å². The second-order valence-electron chi connectivity index (χ2n) is 7.76. The van der Waals surface area contributed by atoms with Crippen LogP contribution in [0.5, 0.6) is 5.75 Å². The predicted molar refractivity (Wildman–Crippen MR) is 128 cm³/mol. The van der Waals surface area contributed by atoms with Crippen LogP contribution in [0.2, 0.25) is 0 Å². The van der Waals surface area contributed by atoms with Crippen molar-refractivity contribution < 1.29 is 19.3 Å². The van der Waals surface area contributed by atoms with Crippen molar-refractivity contribution in [1.82, 2.24) is 0 Å². The Morgan fingerprint density at radius 2 is 1.58 bits per heavy atom. The largest absolute Gasteiger partial charge is 0.491 e. The first-order valence-electron chi connectivity index (χ1n) is 11.5. The van der Waals surface area contributed by atoms with Crippen molar-refractivity contribution in [3.8, 4) is 5.75 Å². The SMILES string of the molecule is CCCCCCCCc1ccc(OCCOCCNc2ccc([N+](=O)[O-])cc2[N+](=O)[O-])cc1. The summed E-state index contributed by atoms with van der Waals surface area (Å²) in [6.07, 6.45) is 8.84. The Bertz CT molecular complexity index is 873. The van der Waals surface area contributed by atoms with E-state index in [-0.39, 0.29) is 17.1 Å². The van der Waals surface area contributed by atoms with E-state index >= 15 is 0 Å². The fourth-order valence-electron chi connectivity index (χ4n) is 3.37. The normalized spacial score (nSPS) is 10.7. The first-order chi connectivity index (χ1) is 16.0. The lowest BCUT2D eigenvalue weighted by Crippen LogP contribution is -2.14. The highest BCUT2D eigenvalue weighted by Crippen LogP contribution is 2.28. The molecule has 0 aromatic heterocycles. The summed E-state index contributed by atoms with van der Waals surface area (Å²) in [5.74, 6) is 0.796. The summed E-state index contributed by atoms with van der Waals surface area (Å²) < 4.78 is 11.2. The summed E-state index contributed by atoms with van der Waals surface area (Å²) in [5.41, 5.74) is 0.871. The van der Waals surface area contributed by atoms with Gasteiger partial charge in [0.25, 0.3) is 11.4 Å². The number of rotatable bonds is 17. The van der Waals surface area contributed by atoms with Crippen LogP contribution in [0.1, 0.15) is 51.0 Å². The number of ether oxygens (including phenoxy) is 2. The Morgan fingerprint density at radius 1 is 0.848 bits per heavy atom. The van der Waals surface area contributed by atoms with Crippen LogP contribution < -0.4 is 10.1 Å². The van der Waals surface area contributed by atoms with Crippen molar-refractivity contribution in [3.63, 3.8) is 0 Å². The van der Waals surface area contributed by atoms with Crippen molar-refractivity contribution >= 4 is 17.1 Å². The number of anilines is 1. The zero-order chi connectivity index (χ0) is 23.9. The van der Waals surface area contributed by atoms with E-state index in [9.17, 15) is 20.2 Å². The molecule has 1 N–H and O–H groups in total. The third-order valence-corrected chi connectivity index (χ3v) is 5.19. The molecular weight excluding hydrogens is 426 g/mol. The molecule has 2 rings (SSSR count). The lowest BCUT2D eigenvalue weighted by Gasteiger charge is -2.09. The summed E-state index contributed by atoms with van der Waals surface area (Å²) in [6.45, 7) is 3.64. The Labute approximate surface area is 194 Å². The van der Waals surface area contributed by atoms with Crippen LogP contribution in [0.15, 0.2) is 42.5 Å². The molecule has 0 bridgehead atoms. The lowest BCUT2D eigenvalue weighted by molar-refractivity contribution is -0.393. The van der Waals surface area contributed by atoms with Crippen LogP contribution in [0, 0.1) is 20.2 Å². The molecule has 0 radical (unpaired) electrons. The number of aryl methyl sites for hydroxylation is 1. The maximum Gasteiger partial charge on any atom is 0.299 e. The molecule has 0 saturated carbocycles. The molecule has 0 heterocycles. The standard InChI is InChI=1S/C24H33N3O6/c1-2-3-4-5-6-7-8-20-9-12-22(13-10-20)33-18-17-32-16-15-25-23-14-11-21(26(28)29)19-24(23)27(30)31/h9-14,19,25H,2-8,15-18H2,1H3. The fourth-order valence-corrected chi connectivity index (χ4v) is 3.37. The van der Waals surface area contributed by atoms with E-state index in [1.54, 1.807) is 0 Å². The number of hydrogen-bond acceptors (Lipinski definition) is 7. The average molecular weight is 460 g/mol. The van der Waals surface area contributed by atoms with E-state index in [1.165, 1.54) is 56.2 Å². The topological polar surface area (TPSA) is 117 Å². The number of nitrogens with one attached hydrogen (secondary N) is 1. The minimum absolute atomic E-state index is 0.214. The number of non-ortho nitro benzene ring substituents is 1. The van der Waals surface area contributed by atoms with Gasteiger partial charge in [0.05, 0.1) is 29.1 Å². The molecule has 0 spiro atoms. The Morgan fingerprint density at radius 3 is 2.27 bits per heavy atom. The monoisotopic (exact) mass is 459 g/mol. The Hall–Kier alpha value is -3.20. The van der Waals surface area contributed by atoms with E-state index in [1.807, 2.05) is 12.1 Å². The van der Waals surface area contributed by atoms with Gasteiger partial charge >= 0.3 is 0 Å². The molecule has 0 fully saturated rings. The quantitative estimate of drug-likeness (QED) is 0.177. The minimum atomic E-state index is -0.664. The van der Waals surface area contributed by atoms with Crippen LogP contribution >= 0.6 is 0 Å². The average Bonchev–Trinajstić information content (AvgIpc) is 2.81. The highest BCUT2D eigenvalue weighted by Gasteiger charge is 2.18. The van der Waals surface area contributed by atoms with Gasteiger partial charge in [-0.3, -0.25) is 20.2 Å². The molecular formula is C24H33N3O6. The van der Waals surface area contributed by atoms with Gasteiger partial charge in [0.1, 0.15) is 18.0 Å². The molecule has 180 valence electrons. The first kappa shape index (κ1) is 26.1. The Kier molecular flexibility index (Phi) is 11.7. The van der Waals surface area contributed by atoms with Gasteiger partial charge in [-0.2, -0.15) is 0 Å². The van der Waals surface area contributed by atoms with E-state index in [2.05, 4.69) is 24.4 Å². The third kappa shape index (κ3) is 9.86. The first-order valence-corrected chi connectivity index (χ1v) is 11.5. The number of benzene rings is 2. The van der Waals surface area contributed by atoms with Gasteiger partial charge in [0.15, 0.2) is 0 Å². The molecule has 0 aliphatic rings. The van der Waals surface area contributed by atoms with Gasteiger partial charge in [-0.05, 0) is 36.6 Å². The predicted octanol–water partition coefficient (Wildman–Crippen LogP) is 5.91. The van der Waals surface area contributed by atoms with Gasteiger partial charge in [-0.25, -0.2) is 0 Å².